The molecule has 2 amide bonds. The fourth-order valence-corrected chi connectivity index (χ4v) is 3.42. The van der Waals surface area contributed by atoms with Crippen LogP contribution in [0.4, 0.5) is 26.2 Å². The second kappa shape index (κ2) is 11.1. The molecule has 0 unspecified atom stereocenters. The minimum Gasteiger partial charge on any atom is -0.478 e. The molecule has 7 heteroatoms. The zero-order chi connectivity index (χ0) is 23.8. The molecule has 33 heavy (non-hydrogen) atoms. The van der Waals surface area contributed by atoms with Crippen LogP contribution in [0, 0.1) is 5.82 Å². The van der Waals surface area contributed by atoms with Crippen molar-refractivity contribution in [1.82, 2.24) is 5.32 Å². The van der Waals surface area contributed by atoms with Crippen molar-refractivity contribution in [2.75, 3.05) is 23.8 Å². The van der Waals surface area contributed by atoms with Gasteiger partial charge in [-0.3, -0.25) is 4.90 Å². The summed E-state index contributed by atoms with van der Waals surface area (Å²) in [5, 5.41) is 15.1. The summed E-state index contributed by atoms with van der Waals surface area (Å²) in [6.07, 6.45) is 3.09. The molecule has 3 aromatic rings. The highest BCUT2D eigenvalue weighted by Gasteiger charge is 2.14. The Bertz CT molecular complexity index is 1130. The van der Waals surface area contributed by atoms with E-state index in [1.807, 2.05) is 24.3 Å². The molecular weight excluding hydrogens is 421 g/mol. The molecule has 0 aliphatic carbocycles. The van der Waals surface area contributed by atoms with Gasteiger partial charge in [-0.2, -0.15) is 0 Å². The van der Waals surface area contributed by atoms with Crippen LogP contribution in [0.1, 0.15) is 36.5 Å². The predicted octanol–water partition coefficient (Wildman–Crippen LogP) is 6.27. The molecule has 0 aliphatic heterocycles. The van der Waals surface area contributed by atoms with Gasteiger partial charge in [0.05, 0.1) is 16.9 Å². The van der Waals surface area contributed by atoms with Crippen molar-refractivity contribution in [1.29, 1.82) is 0 Å². The Morgan fingerprint density at radius 1 is 0.939 bits per heavy atom. The highest BCUT2D eigenvalue weighted by molar-refractivity contribution is 5.95. The third-order valence-corrected chi connectivity index (χ3v) is 5.32. The maximum absolute atomic E-state index is 14.9. The molecule has 0 aromatic heterocycles. The maximum atomic E-state index is 14.9. The molecule has 0 aliphatic rings. The Kier molecular flexibility index (Phi) is 8.02. The normalized spacial score (nSPS) is 10.5. The molecular formula is C26H28FN3O3. The van der Waals surface area contributed by atoms with Gasteiger partial charge < -0.3 is 15.7 Å². The smallest absolute Gasteiger partial charge is 0.337 e. The number of nitrogens with one attached hydrogen (secondary N) is 2. The lowest BCUT2D eigenvalue weighted by molar-refractivity contribution is 0.0698. The van der Waals surface area contributed by atoms with E-state index in [1.165, 1.54) is 17.0 Å². The fourth-order valence-electron chi connectivity index (χ4n) is 3.42. The van der Waals surface area contributed by atoms with Crippen LogP contribution in [-0.2, 0) is 0 Å². The number of anilines is 3. The van der Waals surface area contributed by atoms with Crippen LogP contribution in [0.5, 0.6) is 0 Å². The lowest BCUT2D eigenvalue weighted by Gasteiger charge is -2.19. The molecule has 0 radical (unpaired) electrons. The number of aromatic carboxylic acids is 1. The third kappa shape index (κ3) is 6.10. The molecule has 6 nitrogen and oxygen atoms in total. The molecule has 172 valence electrons. The minimum absolute atomic E-state index is 0.0599. The van der Waals surface area contributed by atoms with E-state index in [1.54, 1.807) is 37.4 Å². The number of benzene rings is 3. The molecule has 0 saturated carbocycles. The maximum Gasteiger partial charge on any atom is 0.337 e. The molecule has 0 atom stereocenters. The first-order valence-electron chi connectivity index (χ1n) is 10.9. The summed E-state index contributed by atoms with van der Waals surface area (Å²) in [6, 6.07) is 18.2. The molecule has 0 bridgehead atoms. The first kappa shape index (κ1) is 23.8. The predicted molar refractivity (Wildman–Crippen MR) is 130 cm³/mol. The van der Waals surface area contributed by atoms with Crippen LogP contribution < -0.4 is 15.5 Å². The number of rotatable bonds is 9. The van der Waals surface area contributed by atoms with E-state index in [4.69, 9.17) is 0 Å². The van der Waals surface area contributed by atoms with Gasteiger partial charge in [0.15, 0.2) is 0 Å². The SMILES string of the molecule is CCCCCNC(=O)N(C)c1cccc(-c2ccc(Nc3ccccc3C(=O)O)c(F)c2)c1. The minimum atomic E-state index is -1.09. The number of halogens is 1. The van der Waals surface area contributed by atoms with E-state index in [9.17, 15) is 19.1 Å². The van der Waals surface area contributed by atoms with Gasteiger partial charge in [-0.15, -0.1) is 0 Å². The summed E-state index contributed by atoms with van der Waals surface area (Å²) in [7, 11) is 1.70. The number of carbonyl (C=O) groups is 2. The van der Waals surface area contributed by atoms with Crippen molar-refractivity contribution in [3.05, 3.63) is 78.1 Å². The molecule has 0 fully saturated rings. The number of para-hydroxylation sites is 1. The summed E-state index contributed by atoms with van der Waals surface area (Å²) in [5.41, 5.74) is 2.64. The summed E-state index contributed by atoms with van der Waals surface area (Å²) < 4.78 is 14.9. The highest BCUT2D eigenvalue weighted by atomic mass is 19.1. The molecule has 3 aromatic carbocycles. The standard InChI is InChI=1S/C26H28FN3O3/c1-3-4-7-15-28-26(33)30(2)20-10-8-9-18(16-20)19-13-14-24(22(27)17-19)29-23-12-6-5-11-21(23)25(31)32/h5-6,8-14,16-17,29H,3-4,7,15H2,1-2H3,(H,28,33)(H,31,32). The zero-order valence-corrected chi connectivity index (χ0v) is 18.8. The van der Waals surface area contributed by atoms with Crippen LogP contribution in [0.15, 0.2) is 66.7 Å². The number of unbranched alkanes of at least 4 members (excludes halogenated alkanes) is 2. The molecule has 3 N–H and O–H groups in total. The van der Waals surface area contributed by atoms with Crippen molar-refractivity contribution in [2.24, 2.45) is 0 Å². The van der Waals surface area contributed by atoms with Crippen LogP contribution >= 0.6 is 0 Å². The van der Waals surface area contributed by atoms with E-state index in [0.29, 0.717) is 23.5 Å². The topological polar surface area (TPSA) is 81.7 Å². The Hall–Kier alpha value is -3.87. The third-order valence-electron chi connectivity index (χ3n) is 5.32. The molecule has 0 spiro atoms. The van der Waals surface area contributed by atoms with Crippen molar-refractivity contribution in [3.63, 3.8) is 0 Å². The zero-order valence-electron chi connectivity index (χ0n) is 18.8. The quantitative estimate of drug-likeness (QED) is 0.336. The number of urea groups is 1. The van der Waals surface area contributed by atoms with Gasteiger partial charge in [-0.05, 0) is 53.9 Å². The Morgan fingerprint density at radius 2 is 1.70 bits per heavy atom. The van der Waals surface area contributed by atoms with Gasteiger partial charge >= 0.3 is 12.0 Å². The van der Waals surface area contributed by atoms with Gasteiger partial charge in [0.1, 0.15) is 5.82 Å². The van der Waals surface area contributed by atoms with E-state index in [2.05, 4.69) is 17.6 Å². The number of nitrogens with zero attached hydrogens (tertiary/aromatic N) is 1. The average molecular weight is 450 g/mol. The average Bonchev–Trinajstić information content (AvgIpc) is 2.82. The Labute approximate surface area is 193 Å². The Morgan fingerprint density at radius 3 is 2.42 bits per heavy atom. The van der Waals surface area contributed by atoms with Crippen molar-refractivity contribution >= 4 is 29.1 Å². The number of carboxylic acids is 1. The molecule has 0 saturated heterocycles. The van der Waals surface area contributed by atoms with Gasteiger partial charge in [-0.1, -0.05) is 50.1 Å². The highest BCUT2D eigenvalue weighted by Crippen LogP contribution is 2.29. The Balaban J connectivity index is 1.76. The van der Waals surface area contributed by atoms with Gasteiger partial charge in [-0.25, -0.2) is 14.0 Å². The van der Waals surface area contributed by atoms with Gasteiger partial charge in [0, 0.05) is 19.3 Å². The van der Waals surface area contributed by atoms with Crippen molar-refractivity contribution < 1.29 is 19.1 Å². The van der Waals surface area contributed by atoms with Crippen LogP contribution in [-0.4, -0.2) is 30.7 Å². The molecule has 0 heterocycles. The van der Waals surface area contributed by atoms with E-state index in [0.717, 1.165) is 24.8 Å². The first-order chi connectivity index (χ1) is 15.9. The second-order valence-electron chi connectivity index (χ2n) is 7.72. The van der Waals surface area contributed by atoms with Crippen LogP contribution in [0.25, 0.3) is 11.1 Å². The van der Waals surface area contributed by atoms with E-state index < -0.39 is 11.8 Å². The lowest BCUT2D eigenvalue weighted by Crippen LogP contribution is -2.37. The van der Waals surface area contributed by atoms with Crippen molar-refractivity contribution in [2.45, 2.75) is 26.2 Å². The monoisotopic (exact) mass is 449 g/mol. The number of hydrogen-bond donors (Lipinski definition) is 3. The first-order valence-corrected chi connectivity index (χ1v) is 10.9. The summed E-state index contributed by atoms with van der Waals surface area (Å²) in [6.45, 7) is 2.74. The van der Waals surface area contributed by atoms with Crippen LogP contribution in [0.2, 0.25) is 0 Å². The summed E-state index contributed by atoms with van der Waals surface area (Å²) in [4.78, 5) is 25.3. The number of hydrogen-bond acceptors (Lipinski definition) is 3. The number of carbonyl (C=O) groups excluding carboxylic acids is 1. The lowest BCUT2D eigenvalue weighted by atomic mass is 10.0. The molecule has 3 rings (SSSR count). The van der Waals surface area contributed by atoms with Gasteiger partial charge in [0.2, 0.25) is 0 Å². The number of amides is 2. The second-order valence-corrected chi connectivity index (χ2v) is 7.72. The summed E-state index contributed by atoms with van der Waals surface area (Å²) in [5.74, 6) is -1.61. The van der Waals surface area contributed by atoms with E-state index in [-0.39, 0.29) is 17.3 Å². The van der Waals surface area contributed by atoms with Crippen molar-refractivity contribution in [3.8, 4) is 11.1 Å². The van der Waals surface area contributed by atoms with Crippen LogP contribution in [0.3, 0.4) is 0 Å². The fraction of sp³-hybridized carbons (Fsp3) is 0.231. The largest absolute Gasteiger partial charge is 0.478 e. The summed E-state index contributed by atoms with van der Waals surface area (Å²) >= 11 is 0. The van der Waals surface area contributed by atoms with E-state index >= 15 is 0 Å². The number of carboxylic acid groups (broad SMARTS) is 1. The van der Waals surface area contributed by atoms with Gasteiger partial charge in [0.25, 0.3) is 0 Å².